The van der Waals surface area contributed by atoms with Crippen LogP contribution in [0.1, 0.15) is 187 Å². The molecule has 0 aliphatic rings. The molecule has 0 rings (SSSR count). The minimum absolute atomic E-state index is 0.689. The van der Waals surface area contributed by atoms with E-state index in [1.54, 1.807) is 0 Å². The molecule has 0 unspecified atom stereocenters. The van der Waals surface area contributed by atoms with E-state index in [0.29, 0.717) is 5.05 Å². The molecule has 0 atom stereocenters. The first-order valence-corrected chi connectivity index (χ1v) is 16.0. The summed E-state index contributed by atoms with van der Waals surface area (Å²) in [6, 6.07) is 0. The van der Waals surface area contributed by atoms with Gasteiger partial charge in [-0.1, -0.05) is 180 Å². The molecule has 0 radical (unpaired) electrons. The first-order chi connectivity index (χ1) is 16.8. The van der Waals surface area contributed by atoms with Gasteiger partial charge in [-0.3, -0.25) is 0 Å². The van der Waals surface area contributed by atoms with Crippen LogP contribution in [0.15, 0.2) is 12.8 Å². The number of ether oxygens (including phenoxy) is 1. The van der Waals surface area contributed by atoms with Crippen LogP contribution in [0.25, 0.3) is 0 Å². The summed E-state index contributed by atoms with van der Waals surface area (Å²) in [4.78, 5) is 0. The van der Waals surface area contributed by atoms with E-state index in [-0.39, 0.29) is 0 Å². The SMILES string of the molecule is C=COC(=S)CCCCCCCCCCCCCCCCCCCCCCCCCCCCC. The topological polar surface area (TPSA) is 9.23 Å². The van der Waals surface area contributed by atoms with Crippen molar-refractivity contribution in [3.05, 3.63) is 12.8 Å². The lowest BCUT2D eigenvalue weighted by Gasteiger charge is -2.05. The molecule has 1 nitrogen and oxygen atoms in total. The van der Waals surface area contributed by atoms with Crippen LogP contribution in [0.5, 0.6) is 0 Å². The highest BCUT2D eigenvalue weighted by atomic mass is 32.1. The van der Waals surface area contributed by atoms with E-state index in [9.17, 15) is 0 Å². The average molecular weight is 495 g/mol. The summed E-state index contributed by atoms with van der Waals surface area (Å²) >= 11 is 5.10. The van der Waals surface area contributed by atoms with Crippen LogP contribution in [-0.2, 0) is 4.74 Å². The van der Waals surface area contributed by atoms with E-state index < -0.39 is 0 Å². The Bertz CT molecular complexity index is 406. The standard InChI is InChI=1S/C32H62OS/c1-3-5-6-7-8-9-10-11-12-13-14-15-16-17-18-19-20-21-22-23-24-25-26-27-28-29-30-31-32(34)33-4-2/h4H,2-3,5-31H2,1H3. The zero-order valence-electron chi connectivity index (χ0n) is 23.4. The number of unbranched alkanes of at least 4 members (excludes halogenated alkanes) is 26. The van der Waals surface area contributed by atoms with Crippen molar-refractivity contribution in [3.63, 3.8) is 0 Å². The van der Waals surface area contributed by atoms with Crippen LogP contribution >= 0.6 is 12.2 Å². The van der Waals surface area contributed by atoms with Crippen LogP contribution in [0.4, 0.5) is 0 Å². The van der Waals surface area contributed by atoms with Crippen LogP contribution in [-0.4, -0.2) is 5.05 Å². The van der Waals surface area contributed by atoms with Gasteiger partial charge in [-0.05, 0) is 18.6 Å². The molecule has 0 aromatic rings. The number of hydrogen-bond acceptors (Lipinski definition) is 2. The van der Waals surface area contributed by atoms with E-state index in [0.717, 1.165) is 12.8 Å². The normalized spacial score (nSPS) is 11.1. The van der Waals surface area contributed by atoms with Gasteiger partial charge in [0.1, 0.15) is 0 Å². The molecular formula is C32H62OS. The molecule has 0 aromatic heterocycles. The maximum atomic E-state index is 5.10. The van der Waals surface area contributed by atoms with Crippen molar-refractivity contribution in [1.82, 2.24) is 0 Å². The third-order valence-corrected chi connectivity index (χ3v) is 7.50. The molecule has 0 aromatic carbocycles. The van der Waals surface area contributed by atoms with Gasteiger partial charge in [-0.15, -0.1) is 0 Å². The van der Waals surface area contributed by atoms with Gasteiger partial charge in [0.2, 0.25) is 0 Å². The lowest BCUT2D eigenvalue weighted by atomic mass is 10.0. The molecule has 0 bridgehead atoms. The number of hydrogen-bond donors (Lipinski definition) is 0. The molecule has 34 heavy (non-hydrogen) atoms. The monoisotopic (exact) mass is 494 g/mol. The summed E-state index contributed by atoms with van der Waals surface area (Å²) in [5.74, 6) is 0. The molecule has 0 fully saturated rings. The van der Waals surface area contributed by atoms with E-state index >= 15 is 0 Å². The quantitative estimate of drug-likeness (QED) is 0.0580. The predicted octanol–water partition coefficient (Wildman–Crippen LogP) is 12.4. The van der Waals surface area contributed by atoms with Crippen molar-refractivity contribution >= 4 is 17.3 Å². The van der Waals surface area contributed by atoms with E-state index in [2.05, 4.69) is 13.5 Å². The molecule has 0 saturated heterocycles. The summed E-state index contributed by atoms with van der Waals surface area (Å²) in [5.41, 5.74) is 0. The van der Waals surface area contributed by atoms with Crippen LogP contribution < -0.4 is 0 Å². The molecule has 0 heterocycles. The van der Waals surface area contributed by atoms with Crippen molar-refractivity contribution in [2.75, 3.05) is 0 Å². The Morgan fingerprint density at radius 3 is 0.941 bits per heavy atom. The molecule has 0 amide bonds. The second kappa shape index (κ2) is 30.7. The maximum absolute atomic E-state index is 5.10. The summed E-state index contributed by atoms with van der Waals surface area (Å²) in [6.07, 6.45) is 41.1. The highest BCUT2D eigenvalue weighted by molar-refractivity contribution is 7.80. The van der Waals surface area contributed by atoms with E-state index in [1.165, 1.54) is 173 Å². The van der Waals surface area contributed by atoms with Gasteiger partial charge in [-0.2, -0.15) is 0 Å². The Morgan fingerprint density at radius 1 is 0.471 bits per heavy atom. The van der Waals surface area contributed by atoms with Crippen LogP contribution in [0.3, 0.4) is 0 Å². The van der Waals surface area contributed by atoms with Gasteiger partial charge >= 0.3 is 0 Å². The fourth-order valence-electron chi connectivity index (χ4n) is 4.91. The zero-order valence-corrected chi connectivity index (χ0v) is 24.2. The van der Waals surface area contributed by atoms with Gasteiger partial charge in [0.05, 0.1) is 6.26 Å². The summed E-state index contributed by atoms with van der Waals surface area (Å²) in [7, 11) is 0. The van der Waals surface area contributed by atoms with E-state index in [1.807, 2.05) is 0 Å². The van der Waals surface area contributed by atoms with Gasteiger partial charge in [0.15, 0.2) is 5.05 Å². The minimum Gasteiger partial charge on any atom is -0.459 e. The highest BCUT2D eigenvalue weighted by Gasteiger charge is 1.98. The Morgan fingerprint density at radius 2 is 0.706 bits per heavy atom. The smallest absolute Gasteiger partial charge is 0.166 e. The molecule has 2 heteroatoms. The van der Waals surface area contributed by atoms with Gasteiger partial charge in [-0.25, -0.2) is 0 Å². The molecule has 0 N–H and O–H groups in total. The molecule has 0 saturated carbocycles. The minimum atomic E-state index is 0.689. The Balaban J connectivity index is 3.04. The van der Waals surface area contributed by atoms with Crippen molar-refractivity contribution in [1.29, 1.82) is 0 Å². The van der Waals surface area contributed by atoms with Crippen molar-refractivity contribution in [2.24, 2.45) is 0 Å². The Labute approximate surface area is 221 Å². The van der Waals surface area contributed by atoms with Crippen molar-refractivity contribution in [3.8, 4) is 0 Å². The maximum Gasteiger partial charge on any atom is 0.166 e. The van der Waals surface area contributed by atoms with Gasteiger partial charge in [0, 0.05) is 6.42 Å². The largest absolute Gasteiger partial charge is 0.459 e. The Hall–Kier alpha value is -0.370. The second-order valence-electron chi connectivity index (χ2n) is 10.6. The zero-order chi connectivity index (χ0) is 24.8. The van der Waals surface area contributed by atoms with Crippen molar-refractivity contribution in [2.45, 2.75) is 187 Å². The number of thiocarbonyl (C=S) groups is 1. The molecule has 0 aliphatic heterocycles. The fourth-order valence-corrected chi connectivity index (χ4v) is 5.13. The number of rotatable bonds is 29. The summed E-state index contributed by atoms with van der Waals surface area (Å²) in [5, 5.41) is 0.689. The lowest BCUT2D eigenvalue weighted by molar-refractivity contribution is 0.465. The van der Waals surface area contributed by atoms with E-state index in [4.69, 9.17) is 17.0 Å². The van der Waals surface area contributed by atoms with Gasteiger partial charge in [0.25, 0.3) is 0 Å². The molecule has 202 valence electrons. The van der Waals surface area contributed by atoms with Crippen LogP contribution in [0.2, 0.25) is 0 Å². The molecule has 0 aliphatic carbocycles. The second-order valence-corrected chi connectivity index (χ2v) is 11.1. The predicted molar refractivity (Wildman–Crippen MR) is 159 cm³/mol. The Kier molecular flexibility index (Phi) is 30.3. The summed E-state index contributed by atoms with van der Waals surface area (Å²) in [6.45, 7) is 5.84. The first kappa shape index (κ1) is 33.6. The van der Waals surface area contributed by atoms with Crippen molar-refractivity contribution < 1.29 is 4.74 Å². The first-order valence-electron chi connectivity index (χ1n) is 15.6. The van der Waals surface area contributed by atoms with Crippen LogP contribution in [0, 0.1) is 0 Å². The summed E-state index contributed by atoms with van der Waals surface area (Å²) < 4.78 is 5.10. The molecular weight excluding hydrogens is 432 g/mol. The van der Waals surface area contributed by atoms with Gasteiger partial charge < -0.3 is 4.74 Å². The third kappa shape index (κ3) is 29.7. The average Bonchev–Trinajstić information content (AvgIpc) is 2.83. The third-order valence-electron chi connectivity index (χ3n) is 7.20. The highest BCUT2D eigenvalue weighted by Crippen LogP contribution is 2.16. The molecule has 0 spiro atoms. The fraction of sp³-hybridized carbons (Fsp3) is 0.906. The lowest BCUT2D eigenvalue weighted by Crippen LogP contribution is -1.95.